The van der Waals surface area contributed by atoms with Crippen LogP contribution in [0.4, 0.5) is 13.2 Å². The minimum absolute atomic E-state index is 0.259. The zero-order valence-electron chi connectivity index (χ0n) is 6.93. The first-order valence-corrected chi connectivity index (χ1v) is 3.96. The van der Waals surface area contributed by atoms with E-state index in [1.54, 1.807) is 0 Å². The zero-order valence-corrected chi connectivity index (χ0v) is 6.93. The number of likely N-dealkylation sites (tertiary alicyclic amines) is 1. The fourth-order valence-corrected chi connectivity index (χ4v) is 1.28. The lowest BCUT2D eigenvalue weighted by molar-refractivity contribution is -0.193. The summed E-state index contributed by atoms with van der Waals surface area (Å²) in [6, 6.07) is -1.32. The largest absolute Gasteiger partial charge is 0.403 e. The van der Waals surface area contributed by atoms with Crippen molar-refractivity contribution in [3.63, 3.8) is 0 Å². The molecule has 0 aromatic heterocycles. The van der Waals surface area contributed by atoms with Crippen molar-refractivity contribution >= 4 is 0 Å². The van der Waals surface area contributed by atoms with E-state index in [9.17, 15) is 13.2 Å². The van der Waals surface area contributed by atoms with Crippen LogP contribution >= 0.6 is 0 Å². The van der Waals surface area contributed by atoms with Crippen LogP contribution in [-0.2, 0) is 0 Å². The van der Waals surface area contributed by atoms with Crippen LogP contribution in [0.25, 0.3) is 0 Å². The quantitative estimate of drug-likeness (QED) is 0.685. The highest BCUT2D eigenvalue weighted by atomic mass is 19.4. The molecular formula is C7H13F3N2. The molecule has 0 aliphatic carbocycles. The van der Waals surface area contributed by atoms with Crippen molar-refractivity contribution in [2.45, 2.75) is 19.1 Å². The molecule has 0 amide bonds. The summed E-state index contributed by atoms with van der Waals surface area (Å²) >= 11 is 0. The highest BCUT2D eigenvalue weighted by Gasteiger charge is 2.44. The molecule has 5 heteroatoms. The van der Waals surface area contributed by atoms with Gasteiger partial charge in [0.05, 0.1) is 0 Å². The van der Waals surface area contributed by atoms with Gasteiger partial charge in [-0.15, -0.1) is 0 Å². The van der Waals surface area contributed by atoms with E-state index in [1.807, 2.05) is 0 Å². The van der Waals surface area contributed by atoms with Gasteiger partial charge in [-0.1, -0.05) is 0 Å². The zero-order chi connectivity index (χ0) is 9.35. The smallest absolute Gasteiger partial charge is 0.330 e. The van der Waals surface area contributed by atoms with Crippen molar-refractivity contribution in [1.82, 2.24) is 4.90 Å². The van der Waals surface area contributed by atoms with Crippen LogP contribution in [0.2, 0.25) is 0 Å². The lowest BCUT2D eigenvalue weighted by Crippen LogP contribution is -2.57. The molecule has 0 aromatic rings. The van der Waals surface area contributed by atoms with Gasteiger partial charge < -0.3 is 5.73 Å². The summed E-state index contributed by atoms with van der Waals surface area (Å²) in [6.07, 6.45) is -4.10. The van der Waals surface area contributed by atoms with Gasteiger partial charge in [0.15, 0.2) is 0 Å². The van der Waals surface area contributed by atoms with Crippen molar-refractivity contribution in [1.29, 1.82) is 0 Å². The number of nitrogens with two attached hydrogens (primary N) is 1. The van der Waals surface area contributed by atoms with Gasteiger partial charge in [0.2, 0.25) is 0 Å². The molecule has 1 heterocycles. The van der Waals surface area contributed by atoms with Gasteiger partial charge in [0.25, 0.3) is 0 Å². The van der Waals surface area contributed by atoms with Crippen LogP contribution < -0.4 is 5.73 Å². The Morgan fingerprint density at radius 2 is 2.00 bits per heavy atom. The summed E-state index contributed by atoms with van der Waals surface area (Å²) in [7, 11) is 0. The van der Waals surface area contributed by atoms with E-state index in [0.29, 0.717) is 19.6 Å². The third kappa shape index (κ3) is 1.90. The fourth-order valence-electron chi connectivity index (χ4n) is 1.28. The molecule has 1 aliphatic heterocycles. The standard InChI is InChI=1S/C7H13F3N2/c1-5(7(8,9)10)12-3-6(2-11)4-12/h5-6H,2-4,11H2,1H3/t5-/m1/s1. The number of rotatable bonds is 2. The van der Waals surface area contributed by atoms with E-state index in [0.717, 1.165) is 0 Å². The summed E-state index contributed by atoms with van der Waals surface area (Å²) in [4.78, 5) is 1.40. The summed E-state index contributed by atoms with van der Waals surface area (Å²) < 4.78 is 36.2. The average Bonchev–Trinajstić information content (AvgIpc) is 1.83. The maximum absolute atomic E-state index is 12.1. The van der Waals surface area contributed by atoms with Crippen LogP contribution in [-0.4, -0.2) is 36.8 Å². The number of halogens is 3. The Labute approximate surface area is 69.5 Å². The SMILES string of the molecule is C[C@@H](N1CC(CN)C1)C(F)(F)F. The van der Waals surface area contributed by atoms with Crippen LogP contribution in [0, 0.1) is 5.92 Å². The van der Waals surface area contributed by atoms with Crippen molar-refractivity contribution in [3.8, 4) is 0 Å². The molecule has 2 N–H and O–H groups in total. The van der Waals surface area contributed by atoms with Gasteiger partial charge in [0, 0.05) is 13.1 Å². The van der Waals surface area contributed by atoms with Gasteiger partial charge in [-0.2, -0.15) is 13.2 Å². The molecule has 0 bridgehead atoms. The summed E-state index contributed by atoms with van der Waals surface area (Å²) in [5.74, 6) is 0.259. The highest BCUT2D eigenvalue weighted by Crippen LogP contribution is 2.29. The van der Waals surface area contributed by atoms with E-state index < -0.39 is 12.2 Å². The Balaban J connectivity index is 2.33. The normalized spacial score (nSPS) is 23.8. The first-order valence-electron chi connectivity index (χ1n) is 3.96. The Kier molecular flexibility index (Phi) is 2.63. The number of nitrogens with zero attached hydrogens (tertiary/aromatic N) is 1. The summed E-state index contributed by atoms with van der Waals surface area (Å²) in [6.45, 7) is 2.64. The minimum Gasteiger partial charge on any atom is -0.330 e. The van der Waals surface area contributed by atoms with Gasteiger partial charge in [-0.25, -0.2) is 0 Å². The van der Waals surface area contributed by atoms with Gasteiger partial charge in [-0.05, 0) is 19.4 Å². The Morgan fingerprint density at radius 1 is 1.50 bits per heavy atom. The molecule has 1 atom stereocenters. The third-order valence-corrected chi connectivity index (χ3v) is 2.34. The topological polar surface area (TPSA) is 29.3 Å². The maximum atomic E-state index is 12.1. The maximum Gasteiger partial charge on any atom is 0.403 e. The molecule has 12 heavy (non-hydrogen) atoms. The molecule has 0 unspecified atom stereocenters. The average molecular weight is 182 g/mol. The molecule has 1 fully saturated rings. The predicted molar refractivity (Wildman–Crippen MR) is 39.6 cm³/mol. The molecule has 0 saturated carbocycles. The molecule has 1 saturated heterocycles. The molecular weight excluding hydrogens is 169 g/mol. The van der Waals surface area contributed by atoms with Crippen molar-refractivity contribution < 1.29 is 13.2 Å². The third-order valence-electron chi connectivity index (χ3n) is 2.34. The second-order valence-corrected chi connectivity index (χ2v) is 3.27. The lowest BCUT2D eigenvalue weighted by Gasteiger charge is -2.43. The van der Waals surface area contributed by atoms with E-state index in [-0.39, 0.29) is 5.92 Å². The number of alkyl halides is 3. The monoisotopic (exact) mass is 182 g/mol. The Morgan fingerprint density at radius 3 is 2.33 bits per heavy atom. The predicted octanol–water partition coefficient (Wildman–Crippen LogP) is 0.828. The van der Waals surface area contributed by atoms with Crippen LogP contribution in [0.5, 0.6) is 0 Å². The highest BCUT2D eigenvalue weighted by molar-refractivity contribution is 4.86. The van der Waals surface area contributed by atoms with Gasteiger partial charge >= 0.3 is 6.18 Å². The second kappa shape index (κ2) is 3.22. The molecule has 1 aliphatic rings. The molecule has 0 radical (unpaired) electrons. The van der Waals surface area contributed by atoms with Crippen molar-refractivity contribution in [2.75, 3.05) is 19.6 Å². The number of hydrogen-bond acceptors (Lipinski definition) is 2. The molecule has 2 nitrogen and oxygen atoms in total. The molecule has 0 aromatic carbocycles. The molecule has 1 rings (SSSR count). The lowest BCUT2D eigenvalue weighted by atomic mass is 9.98. The van der Waals surface area contributed by atoms with E-state index >= 15 is 0 Å². The van der Waals surface area contributed by atoms with Gasteiger partial charge in [-0.3, -0.25) is 4.90 Å². The number of hydrogen-bond donors (Lipinski definition) is 1. The second-order valence-electron chi connectivity index (χ2n) is 3.27. The van der Waals surface area contributed by atoms with E-state index in [4.69, 9.17) is 5.73 Å². The van der Waals surface area contributed by atoms with Crippen molar-refractivity contribution in [3.05, 3.63) is 0 Å². The van der Waals surface area contributed by atoms with Crippen LogP contribution in [0.15, 0.2) is 0 Å². The van der Waals surface area contributed by atoms with E-state index in [2.05, 4.69) is 0 Å². The Bertz CT molecular complexity index is 151. The van der Waals surface area contributed by atoms with E-state index in [1.165, 1.54) is 11.8 Å². The molecule has 0 spiro atoms. The van der Waals surface area contributed by atoms with Crippen molar-refractivity contribution in [2.24, 2.45) is 11.7 Å². The summed E-state index contributed by atoms with van der Waals surface area (Å²) in [5, 5.41) is 0. The van der Waals surface area contributed by atoms with Crippen LogP contribution in [0.1, 0.15) is 6.92 Å². The fraction of sp³-hybridized carbons (Fsp3) is 1.00. The minimum atomic E-state index is -4.10. The van der Waals surface area contributed by atoms with Gasteiger partial charge in [0.1, 0.15) is 6.04 Å². The first kappa shape index (κ1) is 9.80. The first-order chi connectivity index (χ1) is 5.45. The molecule has 72 valence electrons. The Hall–Kier alpha value is -0.290. The van der Waals surface area contributed by atoms with Crippen LogP contribution in [0.3, 0.4) is 0 Å². The summed E-state index contributed by atoms with van der Waals surface area (Å²) in [5.41, 5.74) is 5.30.